The van der Waals surface area contributed by atoms with Crippen molar-refractivity contribution in [3.05, 3.63) is 76.0 Å². The fourth-order valence-corrected chi connectivity index (χ4v) is 5.98. The summed E-state index contributed by atoms with van der Waals surface area (Å²) in [6.45, 7) is 4.31. The zero-order valence-corrected chi connectivity index (χ0v) is 19.0. The van der Waals surface area contributed by atoms with Gasteiger partial charge < -0.3 is 4.57 Å². The van der Waals surface area contributed by atoms with Gasteiger partial charge in [0.1, 0.15) is 0 Å². The third-order valence-corrected chi connectivity index (χ3v) is 7.47. The van der Waals surface area contributed by atoms with E-state index >= 15 is 0 Å². The standard InChI is InChI=1S/C21H21BrN2O3S2/c1-2-12-24-18-11-10-17(22)14-19(18)28-21(24)23-20(25)9-6-13-29(26,27)15-16-7-4-3-5-8-16/h2-5,7-8,10-11,14H,1,6,9,12-13,15H2. The molecule has 0 radical (unpaired) electrons. The maximum Gasteiger partial charge on any atom is 0.248 e. The van der Waals surface area contributed by atoms with Crippen LogP contribution in [0.15, 0.2) is 70.7 Å². The predicted molar refractivity (Wildman–Crippen MR) is 121 cm³/mol. The molecule has 0 saturated heterocycles. The molecule has 1 heterocycles. The van der Waals surface area contributed by atoms with E-state index in [9.17, 15) is 13.2 Å². The van der Waals surface area contributed by atoms with E-state index in [0.29, 0.717) is 11.3 Å². The Hall–Kier alpha value is -2.03. The lowest BCUT2D eigenvalue weighted by atomic mass is 10.2. The Balaban J connectivity index is 1.69. The van der Waals surface area contributed by atoms with Crippen LogP contribution in [0.25, 0.3) is 10.2 Å². The quantitative estimate of drug-likeness (QED) is 0.435. The van der Waals surface area contributed by atoms with Crippen LogP contribution in [0.2, 0.25) is 0 Å². The lowest BCUT2D eigenvalue weighted by Gasteiger charge is -2.04. The highest BCUT2D eigenvalue weighted by molar-refractivity contribution is 9.10. The lowest BCUT2D eigenvalue weighted by molar-refractivity contribution is -0.118. The summed E-state index contributed by atoms with van der Waals surface area (Å²) < 4.78 is 28.4. The molecule has 3 rings (SSSR count). The molecule has 0 bridgehead atoms. The Morgan fingerprint density at radius 3 is 2.69 bits per heavy atom. The average molecular weight is 493 g/mol. The Morgan fingerprint density at radius 1 is 1.21 bits per heavy atom. The van der Waals surface area contributed by atoms with Crippen LogP contribution in [0.3, 0.4) is 0 Å². The number of benzene rings is 2. The molecule has 29 heavy (non-hydrogen) atoms. The number of carbonyl (C=O) groups is 1. The number of hydrogen-bond acceptors (Lipinski definition) is 4. The molecular formula is C21H21BrN2O3S2. The molecule has 8 heteroatoms. The Labute approximate surface area is 182 Å². The molecule has 0 spiro atoms. The van der Waals surface area contributed by atoms with Crippen molar-refractivity contribution >= 4 is 53.2 Å². The van der Waals surface area contributed by atoms with Gasteiger partial charge in [-0.15, -0.1) is 6.58 Å². The molecule has 0 saturated carbocycles. The van der Waals surface area contributed by atoms with E-state index in [4.69, 9.17) is 0 Å². The van der Waals surface area contributed by atoms with Crippen LogP contribution >= 0.6 is 27.3 Å². The number of halogens is 1. The smallest absolute Gasteiger partial charge is 0.248 e. The topological polar surface area (TPSA) is 68.5 Å². The molecule has 0 fully saturated rings. The van der Waals surface area contributed by atoms with Gasteiger partial charge in [0.05, 0.1) is 21.7 Å². The zero-order chi connectivity index (χ0) is 20.9. The fourth-order valence-electron chi connectivity index (χ4n) is 2.94. The van der Waals surface area contributed by atoms with Crippen molar-refractivity contribution in [3.63, 3.8) is 0 Å². The molecule has 5 nitrogen and oxygen atoms in total. The summed E-state index contributed by atoms with van der Waals surface area (Å²) in [5.41, 5.74) is 1.74. The minimum absolute atomic E-state index is 0.0102. The molecule has 1 aromatic heterocycles. The van der Waals surface area contributed by atoms with Crippen LogP contribution < -0.4 is 4.80 Å². The zero-order valence-electron chi connectivity index (χ0n) is 15.8. The summed E-state index contributed by atoms with van der Waals surface area (Å²) in [7, 11) is -3.26. The molecule has 3 aromatic rings. The summed E-state index contributed by atoms with van der Waals surface area (Å²) >= 11 is 4.88. The third-order valence-electron chi connectivity index (χ3n) is 4.25. The van der Waals surface area contributed by atoms with Gasteiger partial charge in [-0.2, -0.15) is 4.99 Å². The number of aromatic nitrogens is 1. The molecule has 1 amide bonds. The Morgan fingerprint density at radius 2 is 1.97 bits per heavy atom. The SMILES string of the molecule is C=CCn1c(=NC(=O)CCCS(=O)(=O)Cc2ccccc2)sc2cc(Br)ccc21. The molecule has 0 aliphatic heterocycles. The van der Waals surface area contributed by atoms with Crippen LogP contribution in [0, 0.1) is 0 Å². The maximum atomic E-state index is 12.4. The van der Waals surface area contributed by atoms with E-state index in [-0.39, 0.29) is 30.3 Å². The Bertz CT molecular complexity index is 1200. The summed E-state index contributed by atoms with van der Waals surface area (Å²) in [5, 5.41) is 0. The van der Waals surface area contributed by atoms with Gasteiger partial charge in [0.15, 0.2) is 14.6 Å². The highest BCUT2D eigenvalue weighted by Gasteiger charge is 2.13. The van der Waals surface area contributed by atoms with Crippen molar-refractivity contribution in [1.82, 2.24) is 4.57 Å². The van der Waals surface area contributed by atoms with Crippen LogP contribution in [0.4, 0.5) is 0 Å². The van der Waals surface area contributed by atoms with Crippen LogP contribution in [0.1, 0.15) is 18.4 Å². The maximum absolute atomic E-state index is 12.4. The van der Waals surface area contributed by atoms with E-state index in [2.05, 4.69) is 27.5 Å². The van der Waals surface area contributed by atoms with Crippen molar-refractivity contribution in [3.8, 4) is 0 Å². The van der Waals surface area contributed by atoms with Crippen LogP contribution in [-0.2, 0) is 26.9 Å². The molecule has 0 aliphatic rings. The van der Waals surface area contributed by atoms with Crippen molar-refractivity contribution < 1.29 is 13.2 Å². The molecule has 0 N–H and O–H groups in total. The summed E-state index contributed by atoms with van der Waals surface area (Å²) in [4.78, 5) is 17.2. The number of thiazole rings is 1. The van der Waals surface area contributed by atoms with Gasteiger partial charge in [-0.1, -0.05) is 63.7 Å². The van der Waals surface area contributed by atoms with Crippen molar-refractivity contribution in [1.29, 1.82) is 0 Å². The minimum atomic E-state index is -3.26. The highest BCUT2D eigenvalue weighted by Crippen LogP contribution is 2.22. The monoisotopic (exact) mass is 492 g/mol. The second-order valence-corrected chi connectivity index (χ2v) is 10.7. The van der Waals surface area contributed by atoms with E-state index in [1.54, 1.807) is 18.2 Å². The molecular weight excluding hydrogens is 472 g/mol. The molecule has 2 aromatic carbocycles. The molecule has 0 atom stereocenters. The van der Waals surface area contributed by atoms with E-state index < -0.39 is 9.84 Å². The minimum Gasteiger partial charge on any atom is -0.313 e. The number of carbonyl (C=O) groups excluding carboxylic acids is 1. The summed E-state index contributed by atoms with van der Waals surface area (Å²) in [5.74, 6) is -0.359. The number of nitrogens with zero attached hydrogens (tertiary/aromatic N) is 2. The van der Waals surface area contributed by atoms with Crippen molar-refractivity contribution in [2.45, 2.75) is 25.1 Å². The number of rotatable bonds is 8. The average Bonchev–Trinajstić information content (AvgIpc) is 2.98. The first-order valence-corrected chi connectivity index (χ1v) is 12.5. The largest absolute Gasteiger partial charge is 0.313 e. The first-order chi connectivity index (χ1) is 13.9. The highest BCUT2D eigenvalue weighted by atomic mass is 79.9. The Kier molecular flexibility index (Phi) is 7.21. The second kappa shape index (κ2) is 9.65. The van der Waals surface area contributed by atoms with Gasteiger partial charge >= 0.3 is 0 Å². The van der Waals surface area contributed by atoms with E-state index in [1.165, 1.54) is 11.3 Å². The number of amides is 1. The summed E-state index contributed by atoms with van der Waals surface area (Å²) in [6.07, 6.45) is 2.11. The van der Waals surface area contributed by atoms with Gasteiger partial charge in [0, 0.05) is 17.4 Å². The third kappa shape index (κ3) is 5.98. The van der Waals surface area contributed by atoms with Gasteiger partial charge in [-0.3, -0.25) is 4.79 Å². The number of allylic oxidation sites excluding steroid dienone is 1. The van der Waals surface area contributed by atoms with E-state index in [0.717, 1.165) is 20.3 Å². The first kappa shape index (κ1) is 21.7. The van der Waals surface area contributed by atoms with Gasteiger partial charge in [-0.05, 0) is 30.2 Å². The fraction of sp³-hybridized carbons (Fsp3) is 0.238. The van der Waals surface area contributed by atoms with Crippen LogP contribution in [0.5, 0.6) is 0 Å². The normalized spacial score (nSPS) is 12.4. The van der Waals surface area contributed by atoms with Gasteiger partial charge in [0.2, 0.25) is 5.91 Å². The van der Waals surface area contributed by atoms with Gasteiger partial charge in [0.25, 0.3) is 0 Å². The number of fused-ring (bicyclic) bond motifs is 1. The number of hydrogen-bond donors (Lipinski definition) is 0. The predicted octanol–water partition coefficient (Wildman–Crippen LogP) is 4.47. The van der Waals surface area contributed by atoms with Crippen LogP contribution in [-0.4, -0.2) is 24.6 Å². The number of sulfone groups is 1. The van der Waals surface area contributed by atoms with Crippen molar-refractivity contribution in [2.75, 3.05) is 5.75 Å². The van der Waals surface area contributed by atoms with Crippen molar-refractivity contribution in [2.24, 2.45) is 4.99 Å². The lowest BCUT2D eigenvalue weighted by Crippen LogP contribution is -2.16. The van der Waals surface area contributed by atoms with E-state index in [1.807, 2.05) is 41.0 Å². The van der Waals surface area contributed by atoms with Gasteiger partial charge in [-0.25, -0.2) is 8.42 Å². The second-order valence-electron chi connectivity index (χ2n) is 6.58. The molecule has 152 valence electrons. The first-order valence-electron chi connectivity index (χ1n) is 9.10. The molecule has 0 aliphatic carbocycles. The summed E-state index contributed by atoms with van der Waals surface area (Å²) in [6, 6.07) is 15.0. The molecule has 0 unspecified atom stereocenters.